The lowest BCUT2D eigenvalue weighted by molar-refractivity contribution is -0.889. The van der Waals surface area contributed by atoms with Crippen molar-refractivity contribution >= 4 is 17.9 Å². The van der Waals surface area contributed by atoms with Crippen molar-refractivity contribution in [2.75, 3.05) is 41.0 Å². The van der Waals surface area contributed by atoms with Gasteiger partial charge in [-0.25, -0.2) is 0 Å². The number of carboxylic acid groups (broad SMARTS) is 1. The van der Waals surface area contributed by atoms with Gasteiger partial charge in [0.2, 0.25) is 0 Å². The SMILES string of the molecule is CC/C=C/C/C=C/CCCCCCCCCCCCCCCCC(=O)OCC(COCCC(C(=O)[O-])[N+](C)(C)C)OC(=O)CCC/C=C/C/C=C/C/C=C/CCCCCCCC. The summed E-state index contributed by atoms with van der Waals surface area (Å²) in [5, 5.41) is 11.7. The van der Waals surface area contributed by atoms with Crippen LogP contribution in [0.1, 0.15) is 213 Å². The van der Waals surface area contributed by atoms with Crippen LogP contribution in [-0.2, 0) is 28.6 Å². The Balaban J connectivity index is 4.29. The number of carbonyl (C=O) groups is 3. The van der Waals surface area contributed by atoms with Crippen molar-refractivity contribution in [3.05, 3.63) is 60.8 Å². The summed E-state index contributed by atoms with van der Waals surface area (Å²) in [5.41, 5.74) is 0. The summed E-state index contributed by atoms with van der Waals surface area (Å²) < 4.78 is 17.2. The van der Waals surface area contributed by atoms with Crippen LogP contribution in [0.25, 0.3) is 0 Å². The highest BCUT2D eigenvalue weighted by molar-refractivity contribution is 5.70. The summed E-state index contributed by atoms with van der Waals surface area (Å²) in [7, 11) is 5.40. The van der Waals surface area contributed by atoms with Gasteiger partial charge in [0.05, 0.1) is 40.3 Å². The van der Waals surface area contributed by atoms with Gasteiger partial charge < -0.3 is 28.6 Å². The van der Waals surface area contributed by atoms with Gasteiger partial charge in [0.25, 0.3) is 0 Å². The lowest BCUT2D eigenvalue weighted by Gasteiger charge is -2.34. The Bertz CT molecular complexity index is 1200. The molecule has 0 saturated heterocycles. The van der Waals surface area contributed by atoms with Gasteiger partial charge in [-0.1, -0.05) is 184 Å². The van der Waals surface area contributed by atoms with Crippen LogP contribution in [0.3, 0.4) is 0 Å². The van der Waals surface area contributed by atoms with E-state index in [2.05, 4.69) is 74.6 Å². The fourth-order valence-electron chi connectivity index (χ4n) is 7.24. The molecule has 0 aromatic rings. The average Bonchev–Trinajstić information content (AvgIpc) is 3.23. The van der Waals surface area contributed by atoms with E-state index in [0.29, 0.717) is 12.8 Å². The van der Waals surface area contributed by atoms with Crippen LogP contribution in [0.2, 0.25) is 0 Å². The van der Waals surface area contributed by atoms with Crippen molar-refractivity contribution in [1.82, 2.24) is 0 Å². The Morgan fingerprint density at radius 1 is 0.500 bits per heavy atom. The third-order valence-corrected chi connectivity index (χ3v) is 11.1. The third-order valence-electron chi connectivity index (χ3n) is 11.1. The summed E-state index contributed by atoms with van der Waals surface area (Å²) in [5.74, 6) is -1.80. The molecule has 0 aliphatic heterocycles. The minimum atomic E-state index is -1.13. The first-order valence-electron chi connectivity index (χ1n) is 25.3. The lowest BCUT2D eigenvalue weighted by Crippen LogP contribution is -2.55. The Hall–Kier alpha value is -2.97. The fraction of sp³-hybridized carbons (Fsp3) is 0.759. The van der Waals surface area contributed by atoms with Gasteiger partial charge in [0.15, 0.2) is 6.10 Å². The van der Waals surface area contributed by atoms with E-state index in [4.69, 9.17) is 14.2 Å². The van der Waals surface area contributed by atoms with E-state index in [-0.39, 0.29) is 49.1 Å². The normalized spacial score (nSPS) is 13.4. The Morgan fingerprint density at radius 3 is 1.39 bits per heavy atom. The second-order valence-electron chi connectivity index (χ2n) is 18.0. The van der Waals surface area contributed by atoms with Gasteiger partial charge in [0, 0.05) is 19.3 Å². The molecule has 0 fully saturated rings. The monoisotopic (exact) mass is 870 g/mol. The van der Waals surface area contributed by atoms with Crippen molar-refractivity contribution < 1.29 is 38.2 Å². The quantitative estimate of drug-likeness (QED) is 0.0260. The molecule has 0 heterocycles. The van der Waals surface area contributed by atoms with Crippen LogP contribution in [0.5, 0.6) is 0 Å². The number of likely N-dealkylation sites (N-methyl/N-ethyl adjacent to an activating group) is 1. The van der Waals surface area contributed by atoms with Crippen molar-refractivity contribution in [3.8, 4) is 0 Å². The standard InChI is InChI=1S/C54H95NO7/c1-6-8-10-12-14-16-18-20-22-24-25-26-27-29-30-32-34-36-38-40-42-44-52(56)61-49-50(48-60-47-46-51(54(58)59)55(3,4)5)62-53(57)45-43-41-39-37-35-33-31-28-23-21-19-17-15-13-11-9-7-2/h8,10,14,16,21,23,31,33,37,39,50-51H,6-7,9,11-13,15,17-20,22,24-30,32,34-36,38,40-49H2,1-5H3/b10-8+,16-14+,23-21+,33-31+,39-37+. The molecule has 0 N–H and O–H groups in total. The molecule has 2 atom stereocenters. The van der Waals surface area contributed by atoms with Crippen LogP contribution in [0.4, 0.5) is 0 Å². The number of hydrogen-bond donors (Lipinski definition) is 0. The highest BCUT2D eigenvalue weighted by Crippen LogP contribution is 2.15. The number of carbonyl (C=O) groups excluding carboxylic acids is 3. The van der Waals surface area contributed by atoms with E-state index in [1.54, 1.807) is 21.1 Å². The van der Waals surface area contributed by atoms with Crippen molar-refractivity contribution in [2.24, 2.45) is 0 Å². The number of carboxylic acids is 1. The minimum absolute atomic E-state index is 0.0201. The smallest absolute Gasteiger partial charge is 0.306 e. The second-order valence-corrected chi connectivity index (χ2v) is 18.0. The zero-order valence-corrected chi connectivity index (χ0v) is 40.8. The van der Waals surface area contributed by atoms with E-state index in [0.717, 1.165) is 51.4 Å². The third kappa shape index (κ3) is 42.3. The largest absolute Gasteiger partial charge is 0.544 e. The molecule has 0 radical (unpaired) electrons. The van der Waals surface area contributed by atoms with Crippen LogP contribution < -0.4 is 5.11 Å². The number of hydrogen-bond acceptors (Lipinski definition) is 7. The molecule has 0 spiro atoms. The molecular formula is C54H95NO7. The number of allylic oxidation sites excluding steroid dienone is 10. The molecule has 0 rings (SSSR count). The lowest BCUT2D eigenvalue weighted by atomic mass is 10.0. The highest BCUT2D eigenvalue weighted by Gasteiger charge is 2.25. The second kappa shape index (κ2) is 44.6. The Kier molecular flexibility index (Phi) is 42.5. The first kappa shape index (κ1) is 59.0. The number of esters is 2. The number of ether oxygens (including phenoxy) is 3. The summed E-state index contributed by atoms with van der Waals surface area (Å²) in [4.78, 5) is 37.0. The van der Waals surface area contributed by atoms with Crippen LogP contribution in [-0.4, -0.2) is 75.5 Å². The molecular weight excluding hydrogens is 775 g/mol. The first-order valence-corrected chi connectivity index (χ1v) is 25.3. The van der Waals surface area contributed by atoms with Crippen LogP contribution in [0, 0.1) is 0 Å². The maximum atomic E-state index is 12.7. The summed E-state index contributed by atoms with van der Waals surface area (Å²) >= 11 is 0. The summed E-state index contributed by atoms with van der Waals surface area (Å²) in [6.07, 6.45) is 55.5. The molecule has 8 heteroatoms. The molecule has 0 aromatic heterocycles. The predicted molar refractivity (Wildman–Crippen MR) is 259 cm³/mol. The molecule has 0 aliphatic rings. The minimum Gasteiger partial charge on any atom is -0.544 e. The van der Waals surface area contributed by atoms with Gasteiger partial charge in [-0.15, -0.1) is 0 Å². The Morgan fingerprint density at radius 2 is 0.919 bits per heavy atom. The first-order chi connectivity index (χ1) is 30.1. The molecule has 62 heavy (non-hydrogen) atoms. The fourth-order valence-corrected chi connectivity index (χ4v) is 7.24. The average molecular weight is 870 g/mol. The van der Waals surface area contributed by atoms with E-state index in [9.17, 15) is 19.5 Å². The molecule has 0 bridgehead atoms. The topological polar surface area (TPSA) is 102 Å². The summed E-state index contributed by atoms with van der Waals surface area (Å²) in [6, 6.07) is -0.736. The maximum Gasteiger partial charge on any atom is 0.306 e. The van der Waals surface area contributed by atoms with Crippen molar-refractivity contribution in [1.29, 1.82) is 0 Å². The molecule has 358 valence electrons. The van der Waals surface area contributed by atoms with Gasteiger partial charge >= 0.3 is 11.9 Å². The number of unbranched alkanes of at least 4 members (excludes halogenated alkanes) is 21. The van der Waals surface area contributed by atoms with E-state index in [1.165, 1.54) is 122 Å². The van der Waals surface area contributed by atoms with E-state index >= 15 is 0 Å². The van der Waals surface area contributed by atoms with E-state index in [1.807, 2.05) is 0 Å². The highest BCUT2D eigenvalue weighted by atomic mass is 16.6. The maximum absolute atomic E-state index is 12.7. The molecule has 2 unspecified atom stereocenters. The van der Waals surface area contributed by atoms with Gasteiger partial charge in [-0.3, -0.25) is 9.59 Å². The van der Waals surface area contributed by atoms with Gasteiger partial charge in [-0.05, 0) is 70.6 Å². The molecule has 8 nitrogen and oxygen atoms in total. The van der Waals surface area contributed by atoms with Gasteiger partial charge in [-0.2, -0.15) is 0 Å². The molecule has 0 aliphatic carbocycles. The Labute approximate surface area is 381 Å². The number of aliphatic carboxylic acids is 1. The van der Waals surface area contributed by atoms with Crippen molar-refractivity contribution in [3.63, 3.8) is 0 Å². The number of rotatable bonds is 45. The zero-order valence-electron chi connectivity index (χ0n) is 40.8. The molecule has 0 amide bonds. The molecule has 0 saturated carbocycles. The summed E-state index contributed by atoms with van der Waals surface area (Å²) in [6.45, 7) is 4.51. The van der Waals surface area contributed by atoms with Crippen molar-refractivity contribution in [2.45, 2.75) is 225 Å². The van der Waals surface area contributed by atoms with Crippen LogP contribution >= 0.6 is 0 Å². The van der Waals surface area contributed by atoms with Crippen LogP contribution in [0.15, 0.2) is 60.8 Å². The molecule has 0 aromatic carbocycles. The number of quaternary nitrogens is 1. The van der Waals surface area contributed by atoms with E-state index < -0.39 is 18.1 Å². The van der Waals surface area contributed by atoms with Gasteiger partial charge in [0.1, 0.15) is 12.6 Å². The zero-order chi connectivity index (χ0) is 45.6. The predicted octanol–water partition coefficient (Wildman–Crippen LogP) is 13.2. The number of nitrogens with zero attached hydrogens (tertiary/aromatic N) is 1.